The summed E-state index contributed by atoms with van der Waals surface area (Å²) in [5.41, 5.74) is 0.152. The van der Waals surface area contributed by atoms with Crippen molar-refractivity contribution < 1.29 is 22.7 Å². The van der Waals surface area contributed by atoms with E-state index in [9.17, 15) is 13.2 Å². The Morgan fingerprint density at radius 1 is 1.19 bits per heavy atom. The quantitative estimate of drug-likeness (QED) is 0.809. The van der Waals surface area contributed by atoms with Crippen molar-refractivity contribution in [2.45, 2.75) is 26.3 Å². The third kappa shape index (κ3) is 3.92. The van der Waals surface area contributed by atoms with Crippen LogP contribution in [0.25, 0.3) is 0 Å². The van der Waals surface area contributed by atoms with Gasteiger partial charge in [-0.2, -0.15) is 12.7 Å². The van der Waals surface area contributed by atoms with Gasteiger partial charge >= 0.3 is 10.2 Å². The van der Waals surface area contributed by atoms with E-state index in [1.54, 1.807) is 0 Å². The summed E-state index contributed by atoms with van der Waals surface area (Å²) in [5.74, 6) is -0.109. The Morgan fingerprint density at radius 3 is 2.54 bits per heavy atom. The molecule has 3 heterocycles. The van der Waals surface area contributed by atoms with Crippen molar-refractivity contribution in [2.24, 2.45) is 0 Å². The number of rotatable bonds is 3. The van der Waals surface area contributed by atoms with E-state index < -0.39 is 15.7 Å². The van der Waals surface area contributed by atoms with Gasteiger partial charge in [0.2, 0.25) is 5.88 Å². The fraction of sp³-hybridized carbons (Fsp3) is 0.625. The first kappa shape index (κ1) is 18.9. The van der Waals surface area contributed by atoms with Crippen molar-refractivity contribution in [2.75, 3.05) is 43.8 Å². The number of hydrogen-bond acceptors (Lipinski definition) is 6. The number of morpholine rings is 1. The molecule has 1 N–H and O–H groups in total. The fourth-order valence-corrected chi connectivity index (χ4v) is 4.34. The largest absolute Gasteiger partial charge is 0.474 e. The smallest absolute Gasteiger partial charge is 0.304 e. The van der Waals surface area contributed by atoms with Gasteiger partial charge in [-0.15, -0.1) is 0 Å². The zero-order chi connectivity index (χ0) is 18.9. The molecule has 26 heavy (non-hydrogen) atoms. The van der Waals surface area contributed by atoms with E-state index in [0.29, 0.717) is 26.3 Å². The lowest BCUT2D eigenvalue weighted by Gasteiger charge is -2.35. The Bertz CT molecular complexity index is 784. The molecule has 0 unspecified atom stereocenters. The van der Waals surface area contributed by atoms with Gasteiger partial charge in [-0.05, 0) is 26.8 Å². The Hall–Kier alpha value is -1.91. The summed E-state index contributed by atoms with van der Waals surface area (Å²) >= 11 is 0. The molecule has 0 spiro atoms. The van der Waals surface area contributed by atoms with Gasteiger partial charge in [-0.1, -0.05) is 0 Å². The van der Waals surface area contributed by atoms with Crippen LogP contribution in [0.4, 0.5) is 5.69 Å². The van der Waals surface area contributed by atoms with Crippen molar-refractivity contribution in [3.05, 3.63) is 17.8 Å². The van der Waals surface area contributed by atoms with Crippen molar-refractivity contribution >= 4 is 21.8 Å². The Labute approximate surface area is 153 Å². The number of nitrogens with one attached hydrogen (secondary N) is 1. The molecule has 0 radical (unpaired) electrons. The second-order valence-corrected chi connectivity index (χ2v) is 9.05. The summed E-state index contributed by atoms with van der Waals surface area (Å²) in [4.78, 5) is 16.6. The number of ether oxygens (including phenoxy) is 2. The van der Waals surface area contributed by atoms with Crippen LogP contribution in [0.3, 0.4) is 0 Å². The van der Waals surface area contributed by atoms with Crippen molar-refractivity contribution in [1.29, 1.82) is 0 Å². The number of fused-ring (bicyclic) bond motifs is 1. The Kier molecular flexibility index (Phi) is 5.09. The van der Waals surface area contributed by atoms with Crippen LogP contribution in [0.1, 0.15) is 31.1 Å². The van der Waals surface area contributed by atoms with Crippen molar-refractivity contribution in [1.82, 2.24) is 14.6 Å². The molecule has 0 bridgehead atoms. The average molecular weight is 384 g/mol. The highest BCUT2D eigenvalue weighted by atomic mass is 32.2. The van der Waals surface area contributed by atoms with Crippen molar-refractivity contribution in [3.63, 3.8) is 0 Å². The summed E-state index contributed by atoms with van der Waals surface area (Å²) in [7, 11) is -3.74. The maximum Gasteiger partial charge on any atom is 0.304 e. The molecular formula is C16H24N4O5S. The average Bonchev–Trinajstić information content (AvgIpc) is 2.60. The van der Waals surface area contributed by atoms with Gasteiger partial charge in [0.05, 0.1) is 25.3 Å². The van der Waals surface area contributed by atoms with E-state index in [-0.39, 0.29) is 36.2 Å². The molecular weight excluding hydrogens is 360 g/mol. The van der Waals surface area contributed by atoms with Gasteiger partial charge < -0.3 is 14.8 Å². The Balaban J connectivity index is 1.93. The summed E-state index contributed by atoms with van der Waals surface area (Å²) in [6.45, 7) is 7.31. The molecule has 0 aliphatic carbocycles. The maximum absolute atomic E-state index is 13.0. The second-order valence-electron chi connectivity index (χ2n) is 7.19. The van der Waals surface area contributed by atoms with Crippen LogP contribution in [0, 0.1) is 0 Å². The lowest BCUT2D eigenvalue weighted by Crippen LogP contribution is -2.51. The van der Waals surface area contributed by atoms with Gasteiger partial charge in [0.15, 0.2) is 0 Å². The van der Waals surface area contributed by atoms with Gasteiger partial charge in [-0.3, -0.25) is 4.79 Å². The van der Waals surface area contributed by atoms with Crippen LogP contribution in [0.5, 0.6) is 5.88 Å². The molecule has 1 aromatic heterocycles. The topological polar surface area (TPSA) is 101 Å². The summed E-state index contributed by atoms with van der Waals surface area (Å²) in [6.07, 6.45) is 1.39. The number of anilines is 1. The number of carbonyl (C=O) groups is 1. The van der Waals surface area contributed by atoms with E-state index in [4.69, 9.17) is 9.47 Å². The molecule has 144 valence electrons. The zero-order valence-corrected chi connectivity index (χ0v) is 16.0. The number of carbonyl (C=O) groups excluding carboxylic acids is 1. The monoisotopic (exact) mass is 384 g/mol. The van der Waals surface area contributed by atoms with Gasteiger partial charge in [0, 0.05) is 24.8 Å². The molecule has 3 rings (SSSR count). The number of pyridine rings is 1. The van der Waals surface area contributed by atoms with E-state index in [1.807, 2.05) is 20.8 Å². The first-order chi connectivity index (χ1) is 12.2. The first-order valence-electron chi connectivity index (χ1n) is 8.49. The van der Waals surface area contributed by atoms with Crippen LogP contribution in [0.15, 0.2) is 12.3 Å². The van der Waals surface area contributed by atoms with Gasteiger partial charge in [0.1, 0.15) is 12.3 Å². The summed E-state index contributed by atoms with van der Waals surface area (Å²) < 4.78 is 39.4. The minimum Gasteiger partial charge on any atom is -0.474 e. The molecule has 2 aliphatic rings. The molecule has 10 heteroatoms. The van der Waals surface area contributed by atoms with E-state index >= 15 is 0 Å². The van der Waals surface area contributed by atoms with Crippen LogP contribution in [-0.4, -0.2) is 68.6 Å². The van der Waals surface area contributed by atoms with Crippen LogP contribution >= 0.6 is 0 Å². The second kappa shape index (κ2) is 7.01. The molecule has 1 fully saturated rings. The molecule has 1 saturated heterocycles. The Morgan fingerprint density at radius 2 is 1.88 bits per heavy atom. The van der Waals surface area contributed by atoms with Gasteiger partial charge in [-0.25, -0.2) is 9.29 Å². The van der Waals surface area contributed by atoms with E-state index in [0.717, 1.165) is 0 Å². The maximum atomic E-state index is 13.0. The molecule has 0 aromatic carbocycles. The predicted octanol–water partition coefficient (Wildman–Crippen LogP) is 0.386. The molecule has 9 nitrogen and oxygen atoms in total. The molecule has 1 amide bonds. The third-order valence-corrected chi connectivity index (χ3v) is 5.91. The summed E-state index contributed by atoms with van der Waals surface area (Å²) in [6, 6.07) is 1.51. The zero-order valence-electron chi connectivity index (χ0n) is 15.2. The fourth-order valence-electron chi connectivity index (χ4n) is 2.77. The highest BCUT2D eigenvalue weighted by Gasteiger charge is 2.35. The number of nitrogens with zero attached hydrogens (tertiary/aromatic N) is 3. The van der Waals surface area contributed by atoms with Crippen molar-refractivity contribution in [3.8, 4) is 5.88 Å². The number of amides is 1. The molecule has 0 atom stereocenters. The molecule has 0 saturated carbocycles. The number of hydrogen-bond donors (Lipinski definition) is 1. The molecule has 1 aromatic rings. The normalized spacial score (nSPS) is 18.8. The summed E-state index contributed by atoms with van der Waals surface area (Å²) in [5, 5.41) is 2.84. The number of aromatic nitrogens is 1. The van der Waals surface area contributed by atoms with Gasteiger partial charge in [0.25, 0.3) is 5.91 Å². The predicted molar refractivity (Wildman–Crippen MR) is 95.6 cm³/mol. The lowest BCUT2D eigenvalue weighted by molar-refractivity contribution is 0.0728. The first-order valence-corrected chi connectivity index (χ1v) is 9.89. The highest BCUT2D eigenvalue weighted by molar-refractivity contribution is 7.90. The minimum absolute atomic E-state index is 0.165. The standard InChI is InChI=1S/C16H24N4O5S/c1-16(2,3)18-14(21)12-10-13-15(17-11-12)25-9-6-20(13)26(22,23)19-4-7-24-8-5-19/h10-11H,4-9H2,1-3H3,(H,18,21). The van der Waals surface area contributed by atoms with E-state index in [2.05, 4.69) is 10.3 Å². The van der Waals surface area contributed by atoms with Crippen LogP contribution < -0.4 is 14.4 Å². The van der Waals surface area contributed by atoms with E-state index in [1.165, 1.54) is 20.9 Å². The minimum atomic E-state index is -3.74. The SMILES string of the molecule is CC(C)(C)NC(=O)c1cnc2c(c1)N(S(=O)(=O)N1CCOCC1)CCO2. The lowest BCUT2D eigenvalue weighted by atomic mass is 10.1. The third-order valence-electron chi connectivity index (χ3n) is 3.96. The van der Waals surface area contributed by atoms with Crippen LogP contribution in [0.2, 0.25) is 0 Å². The highest BCUT2D eigenvalue weighted by Crippen LogP contribution is 2.33. The molecule has 2 aliphatic heterocycles. The van der Waals surface area contributed by atoms with Crippen LogP contribution in [-0.2, 0) is 14.9 Å².